The van der Waals surface area contributed by atoms with Crippen molar-refractivity contribution in [1.82, 2.24) is 5.32 Å². The number of carbonyl (C=O) groups is 3. The van der Waals surface area contributed by atoms with E-state index in [-0.39, 0.29) is 11.6 Å². The van der Waals surface area contributed by atoms with E-state index in [4.69, 9.17) is 11.6 Å². The Bertz CT molecular complexity index is 1760. The second-order valence-electron chi connectivity index (χ2n) is 10.2. The SMILES string of the molecule is CC(Sc1cccc(NC(=O)/C(=C\c2ccc(Cl)cc2)NC(=O)c2ccccc2)c1)C(=O)Nc1sc2c(c1C#N)CCCC2. The van der Waals surface area contributed by atoms with Gasteiger partial charge in [0.05, 0.1) is 10.8 Å². The Kier molecular flexibility index (Phi) is 10.2. The topological polar surface area (TPSA) is 111 Å². The number of hydrogen-bond acceptors (Lipinski definition) is 6. The molecular formula is C34H29ClN4O3S2. The first-order chi connectivity index (χ1) is 21.3. The molecule has 222 valence electrons. The lowest BCUT2D eigenvalue weighted by Gasteiger charge is -2.14. The van der Waals surface area contributed by atoms with Crippen LogP contribution in [0.3, 0.4) is 0 Å². The molecule has 10 heteroatoms. The molecule has 3 N–H and O–H groups in total. The highest BCUT2D eigenvalue weighted by Gasteiger charge is 2.24. The standard InChI is InChI=1S/C34H29ClN4O3S2/c1-21(31(40)39-34-28(20-36)27-12-5-6-13-30(27)44-34)43-26-11-7-10-25(19-26)37-33(42)29(18-22-14-16-24(35)17-15-22)38-32(41)23-8-3-2-4-9-23/h2-4,7-11,14-19,21H,5-6,12-13H2,1H3,(H,37,42)(H,38,41)(H,39,40)/b29-18+. The van der Waals surface area contributed by atoms with E-state index >= 15 is 0 Å². The molecule has 1 aliphatic rings. The van der Waals surface area contributed by atoms with Crippen LogP contribution >= 0.6 is 34.7 Å². The molecule has 0 saturated carbocycles. The molecule has 1 heterocycles. The predicted octanol–water partition coefficient (Wildman–Crippen LogP) is 7.68. The molecule has 0 radical (unpaired) electrons. The lowest BCUT2D eigenvalue weighted by Crippen LogP contribution is -2.30. The maximum Gasteiger partial charge on any atom is 0.272 e. The molecule has 3 aromatic carbocycles. The molecule has 0 fully saturated rings. The van der Waals surface area contributed by atoms with E-state index in [1.807, 2.05) is 12.1 Å². The molecule has 5 rings (SSSR count). The Hall–Kier alpha value is -4.36. The number of nitrogens with one attached hydrogen (secondary N) is 3. The summed E-state index contributed by atoms with van der Waals surface area (Å²) in [7, 11) is 0. The molecule has 0 spiro atoms. The minimum absolute atomic E-state index is 0.0546. The maximum absolute atomic E-state index is 13.4. The minimum Gasteiger partial charge on any atom is -0.321 e. The number of rotatable bonds is 9. The molecule has 4 aromatic rings. The summed E-state index contributed by atoms with van der Waals surface area (Å²) in [5.74, 6) is -1.13. The third-order valence-electron chi connectivity index (χ3n) is 7.00. The van der Waals surface area contributed by atoms with Crippen molar-refractivity contribution in [1.29, 1.82) is 5.26 Å². The number of nitrogens with zero attached hydrogens (tertiary/aromatic N) is 1. The number of anilines is 2. The number of benzene rings is 3. The Morgan fingerprint density at radius 1 is 0.977 bits per heavy atom. The highest BCUT2D eigenvalue weighted by Crippen LogP contribution is 2.38. The van der Waals surface area contributed by atoms with Crippen molar-refractivity contribution in [2.24, 2.45) is 0 Å². The molecule has 3 amide bonds. The van der Waals surface area contributed by atoms with E-state index in [0.29, 0.717) is 32.4 Å². The second-order valence-corrected chi connectivity index (χ2v) is 13.1. The third-order valence-corrected chi connectivity index (χ3v) is 9.56. The summed E-state index contributed by atoms with van der Waals surface area (Å²) in [6.07, 6.45) is 5.56. The number of thioether (sulfide) groups is 1. The molecule has 7 nitrogen and oxygen atoms in total. The van der Waals surface area contributed by atoms with Gasteiger partial charge in [-0.1, -0.05) is 48.0 Å². The first-order valence-corrected chi connectivity index (χ1v) is 16.2. The predicted molar refractivity (Wildman–Crippen MR) is 178 cm³/mol. The average Bonchev–Trinajstić information content (AvgIpc) is 3.39. The number of thiophene rings is 1. The Balaban J connectivity index is 1.28. The Morgan fingerprint density at radius 2 is 1.73 bits per heavy atom. The van der Waals surface area contributed by atoms with Crippen molar-refractivity contribution < 1.29 is 14.4 Å². The van der Waals surface area contributed by atoms with E-state index < -0.39 is 17.1 Å². The number of carbonyl (C=O) groups excluding carboxylic acids is 3. The summed E-state index contributed by atoms with van der Waals surface area (Å²) in [4.78, 5) is 41.4. The summed E-state index contributed by atoms with van der Waals surface area (Å²) in [5, 5.41) is 19.0. The van der Waals surface area contributed by atoms with Gasteiger partial charge in [0.2, 0.25) is 5.91 Å². The minimum atomic E-state index is -0.511. The molecule has 0 aliphatic heterocycles. The van der Waals surface area contributed by atoms with Crippen LogP contribution in [0.15, 0.2) is 89.5 Å². The van der Waals surface area contributed by atoms with Crippen molar-refractivity contribution in [2.45, 2.75) is 42.8 Å². The summed E-state index contributed by atoms with van der Waals surface area (Å²) in [6, 6.07) is 25.0. The van der Waals surface area contributed by atoms with Crippen LogP contribution < -0.4 is 16.0 Å². The number of aryl methyl sites for hydroxylation is 1. The third kappa shape index (κ3) is 7.77. The van der Waals surface area contributed by atoms with Crippen molar-refractivity contribution in [3.63, 3.8) is 0 Å². The van der Waals surface area contributed by atoms with Crippen molar-refractivity contribution >= 4 is 69.2 Å². The highest BCUT2D eigenvalue weighted by atomic mass is 35.5. The largest absolute Gasteiger partial charge is 0.321 e. The monoisotopic (exact) mass is 640 g/mol. The Morgan fingerprint density at radius 3 is 2.48 bits per heavy atom. The normalized spacial score (nSPS) is 13.2. The van der Waals surface area contributed by atoms with Gasteiger partial charge in [0.15, 0.2) is 0 Å². The van der Waals surface area contributed by atoms with Crippen molar-refractivity contribution in [2.75, 3.05) is 10.6 Å². The number of fused-ring (bicyclic) bond motifs is 1. The highest BCUT2D eigenvalue weighted by molar-refractivity contribution is 8.00. The van der Waals surface area contributed by atoms with Crippen LogP contribution in [0.4, 0.5) is 10.7 Å². The summed E-state index contributed by atoms with van der Waals surface area (Å²) in [6.45, 7) is 1.80. The van der Waals surface area contributed by atoms with E-state index in [9.17, 15) is 19.6 Å². The molecule has 1 aromatic heterocycles. The van der Waals surface area contributed by atoms with E-state index in [1.165, 1.54) is 28.0 Å². The number of amides is 3. The molecule has 1 aliphatic carbocycles. The Labute approximate surface area is 269 Å². The number of hydrogen-bond donors (Lipinski definition) is 3. The van der Waals surface area contributed by atoms with Gasteiger partial charge in [0.25, 0.3) is 11.8 Å². The van der Waals surface area contributed by atoms with Crippen LogP contribution in [0.5, 0.6) is 0 Å². The maximum atomic E-state index is 13.4. The van der Waals surface area contributed by atoms with Crippen molar-refractivity contribution in [3.05, 3.63) is 117 Å². The zero-order valence-electron chi connectivity index (χ0n) is 23.9. The first-order valence-electron chi connectivity index (χ1n) is 14.1. The quantitative estimate of drug-likeness (QED) is 0.128. The van der Waals surface area contributed by atoms with Crippen LogP contribution in [-0.2, 0) is 22.4 Å². The summed E-state index contributed by atoms with van der Waals surface area (Å²) >= 11 is 8.86. The van der Waals surface area contributed by atoms with Gasteiger partial charge < -0.3 is 16.0 Å². The van der Waals surface area contributed by atoms with Crippen LogP contribution in [0, 0.1) is 11.3 Å². The zero-order chi connectivity index (χ0) is 31.1. The van der Waals surface area contributed by atoms with Gasteiger partial charge in [0, 0.05) is 26.0 Å². The van der Waals surface area contributed by atoms with E-state index in [0.717, 1.165) is 36.1 Å². The molecule has 0 bridgehead atoms. The van der Waals surface area contributed by atoms with Crippen LogP contribution in [0.25, 0.3) is 6.08 Å². The van der Waals surface area contributed by atoms with Gasteiger partial charge in [-0.25, -0.2) is 0 Å². The number of nitriles is 1. The van der Waals surface area contributed by atoms with Gasteiger partial charge >= 0.3 is 0 Å². The zero-order valence-corrected chi connectivity index (χ0v) is 26.2. The van der Waals surface area contributed by atoms with Crippen LogP contribution in [-0.4, -0.2) is 23.0 Å². The second kappa shape index (κ2) is 14.4. The fourth-order valence-corrected chi connectivity index (χ4v) is 7.05. The smallest absolute Gasteiger partial charge is 0.272 e. The van der Waals surface area contributed by atoms with E-state index in [1.54, 1.807) is 79.7 Å². The molecule has 1 atom stereocenters. The lowest BCUT2D eigenvalue weighted by molar-refractivity contribution is -0.115. The molecule has 1 unspecified atom stereocenters. The van der Waals surface area contributed by atoms with Gasteiger partial charge in [-0.15, -0.1) is 23.1 Å². The summed E-state index contributed by atoms with van der Waals surface area (Å²) in [5.41, 5.74) is 3.31. The molecular weight excluding hydrogens is 612 g/mol. The molecule has 0 saturated heterocycles. The van der Waals surface area contributed by atoms with Crippen LogP contribution in [0.2, 0.25) is 5.02 Å². The van der Waals surface area contributed by atoms with Gasteiger partial charge in [0.1, 0.15) is 16.8 Å². The fraction of sp³-hybridized carbons (Fsp3) is 0.176. The van der Waals surface area contributed by atoms with Crippen LogP contribution in [0.1, 0.15) is 51.7 Å². The average molecular weight is 641 g/mol. The van der Waals surface area contributed by atoms with Gasteiger partial charge in [-0.05, 0) is 92.3 Å². The lowest BCUT2D eigenvalue weighted by atomic mass is 9.96. The number of halogens is 1. The van der Waals surface area contributed by atoms with Gasteiger partial charge in [-0.2, -0.15) is 5.26 Å². The summed E-state index contributed by atoms with van der Waals surface area (Å²) < 4.78 is 0. The first kappa shape index (κ1) is 31.1. The van der Waals surface area contributed by atoms with Crippen molar-refractivity contribution in [3.8, 4) is 6.07 Å². The fourth-order valence-electron chi connectivity index (χ4n) is 4.76. The van der Waals surface area contributed by atoms with E-state index in [2.05, 4.69) is 22.0 Å². The molecule has 44 heavy (non-hydrogen) atoms. The van der Waals surface area contributed by atoms with Gasteiger partial charge in [-0.3, -0.25) is 14.4 Å².